The van der Waals surface area contributed by atoms with Crippen molar-refractivity contribution in [1.29, 1.82) is 10.5 Å². The molecule has 0 aromatic heterocycles. The number of likely N-dealkylation sites (tertiary alicyclic amines) is 1. The third kappa shape index (κ3) is 5.33. The van der Waals surface area contributed by atoms with E-state index >= 15 is 0 Å². The van der Waals surface area contributed by atoms with Gasteiger partial charge in [-0.3, -0.25) is 4.79 Å². The van der Waals surface area contributed by atoms with Crippen LogP contribution in [0.2, 0.25) is 0 Å². The van der Waals surface area contributed by atoms with Gasteiger partial charge in [0.25, 0.3) is 0 Å². The molecule has 2 fully saturated rings. The van der Waals surface area contributed by atoms with Gasteiger partial charge in [-0.2, -0.15) is 23.7 Å². The van der Waals surface area contributed by atoms with Crippen LogP contribution in [-0.4, -0.2) is 41.6 Å². The maximum atomic E-state index is 12.8. The van der Waals surface area contributed by atoms with Gasteiger partial charge in [0.05, 0.1) is 35.9 Å². The molecule has 9 heteroatoms. The van der Waals surface area contributed by atoms with Crippen molar-refractivity contribution in [2.24, 2.45) is 0 Å². The Balaban J connectivity index is 1.50. The molecule has 0 spiro atoms. The average molecular weight is 444 g/mol. The Morgan fingerprint density at radius 1 is 1.16 bits per heavy atom. The number of halogens is 3. The Kier molecular flexibility index (Phi) is 7.28. The number of hydrogen-bond donors (Lipinski definition) is 1. The first kappa shape index (κ1) is 23.4. The third-order valence-electron chi connectivity index (χ3n) is 5.95. The maximum absolute atomic E-state index is 12.8. The number of terminal acetylenes is 1. The van der Waals surface area contributed by atoms with Crippen molar-refractivity contribution >= 4 is 5.91 Å². The van der Waals surface area contributed by atoms with Crippen molar-refractivity contribution in [1.82, 2.24) is 10.2 Å². The van der Waals surface area contributed by atoms with Gasteiger partial charge in [-0.25, -0.2) is 0 Å². The predicted octanol–water partition coefficient (Wildman–Crippen LogP) is 3.37. The second kappa shape index (κ2) is 9.94. The molecule has 1 amide bonds. The first-order valence-corrected chi connectivity index (χ1v) is 10.4. The highest BCUT2D eigenvalue weighted by atomic mass is 19.4. The fourth-order valence-electron chi connectivity index (χ4n) is 4.23. The van der Waals surface area contributed by atoms with E-state index in [9.17, 15) is 28.5 Å². The van der Waals surface area contributed by atoms with Crippen LogP contribution in [0.3, 0.4) is 0 Å². The monoisotopic (exact) mass is 444 g/mol. The largest absolute Gasteiger partial charge is 0.489 e. The van der Waals surface area contributed by atoms with Gasteiger partial charge in [0.2, 0.25) is 5.91 Å². The molecular formula is C23H23F3N4O2. The van der Waals surface area contributed by atoms with Gasteiger partial charge in [-0.05, 0) is 56.7 Å². The lowest BCUT2D eigenvalue weighted by atomic mass is 9.93. The SMILES string of the molecule is C#C[C@H]1CC[C@@H](C#N)N1C(=O)CN[C@H]1CC[C@H](Oc2ccc(C(F)(F)F)cc2C#N)CC1. The summed E-state index contributed by atoms with van der Waals surface area (Å²) >= 11 is 0. The second-order valence-corrected chi connectivity index (χ2v) is 8.00. The number of nitriles is 2. The van der Waals surface area contributed by atoms with Crippen LogP contribution in [0.25, 0.3) is 0 Å². The standard InChI is InChI=1S/C23H23F3N4O2/c1-2-18-6-7-19(13-28)30(18)22(31)14-29-17-4-8-20(9-5-17)32-21-10-3-16(23(24,25)26)11-15(21)12-27/h1,3,10-11,17-20,29H,4-9,14H2/t17-,18-,19-,20-/m0/s1. The molecule has 1 aromatic carbocycles. The minimum atomic E-state index is -4.52. The summed E-state index contributed by atoms with van der Waals surface area (Å²) in [5, 5.41) is 21.6. The molecule has 3 rings (SSSR count). The van der Waals surface area contributed by atoms with Crippen molar-refractivity contribution in [2.45, 2.75) is 68.9 Å². The summed E-state index contributed by atoms with van der Waals surface area (Å²) in [5.74, 6) is 2.52. The summed E-state index contributed by atoms with van der Waals surface area (Å²) in [6.07, 6.45) is 4.63. The van der Waals surface area contributed by atoms with Crippen LogP contribution in [0, 0.1) is 35.0 Å². The van der Waals surface area contributed by atoms with Crippen molar-refractivity contribution < 1.29 is 22.7 Å². The average Bonchev–Trinajstić information content (AvgIpc) is 3.21. The van der Waals surface area contributed by atoms with Crippen LogP contribution >= 0.6 is 0 Å². The lowest BCUT2D eigenvalue weighted by molar-refractivity contribution is -0.137. The minimum absolute atomic E-state index is 0.0780. The van der Waals surface area contributed by atoms with E-state index in [1.807, 2.05) is 0 Å². The van der Waals surface area contributed by atoms with Crippen LogP contribution in [0.15, 0.2) is 18.2 Å². The van der Waals surface area contributed by atoms with Gasteiger partial charge in [0.1, 0.15) is 17.9 Å². The number of alkyl halides is 3. The number of hydrogen-bond acceptors (Lipinski definition) is 5. The molecule has 0 bridgehead atoms. The fourth-order valence-corrected chi connectivity index (χ4v) is 4.23. The number of rotatable bonds is 5. The Labute approximate surface area is 184 Å². The molecule has 0 radical (unpaired) electrons. The number of benzene rings is 1. The summed E-state index contributed by atoms with van der Waals surface area (Å²) in [4.78, 5) is 14.1. The molecule has 1 heterocycles. The quantitative estimate of drug-likeness (QED) is 0.704. The van der Waals surface area contributed by atoms with Crippen molar-refractivity contribution in [3.8, 4) is 30.2 Å². The summed E-state index contributed by atoms with van der Waals surface area (Å²) in [6.45, 7) is 0.0873. The molecule has 1 aliphatic carbocycles. The van der Waals surface area contributed by atoms with E-state index in [0.29, 0.717) is 38.5 Å². The molecule has 1 saturated heterocycles. The van der Waals surface area contributed by atoms with Crippen molar-refractivity contribution in [3.05, 3.63) is 29.3 Å². The van der Waals surface area contributed by atoms with Crippen LogP contribution in [0.1, 0.15) is 49.7 Å². The van der Waals surface area contributed by atoms with E-state index in [-0.39, 0.29) is 42.0 Å². The maximum Gasteiger partial charge on any atom is 0.416 e. The molecule has 2 aliphatic rings. The lowest BCUT2D eigenvalue weighted by Crippen LogP contribution is -2.47. The highest BCUT2D eigenvalue weighted by Gasteiger charge is 2.36. The van der Waals surface area contributed by atoms with Crippen LogP contribution in [-0.2, 0) is 11.0 Å². The number of carbonyl (C=O) groups excluding carboxylic acids is 1. The van der Waals surface area contributed by atoms with Crippen molar-refractivity contribution in [3.63, 3.8) is 0 Å². The molecule has 2 atom stereocenters. The van der Waals surface area contributed by atoms with E-state index < -0.39 is 17.8 Å². The highest BCUT2D eigenvalue weighted by molar-refractivity contribution is 5.80. The van der Waals surface area contributed by atoms with Crippen LogP contribution in [0.5, 0.6) is 5.75 Å². The van der Waals surface area contributed by atoms with Crippen LogP contribution in [0.4, 0.5) is 13.2 Å². The Morgan fingerprint density at radius 2 is 1.84 bits per heavy atom. The number of carbonyl (C=O) groups is 1. The Hall–Kier alpha value is -3.22. The van der Waals surface area contributed by atoms with Gasteiger partial charge in [-0.1, -0.05) is 5.92 Å². The first-order valence-electron chi connectivity index (χ1n) is 10.4. The van der Waals surface area contributed by atoms with Gasteiger partial charge in [-0.15, -0.1) is 6.42 Å². The zero-order chi connectivity index (χ0) is 23.3. The summed E-state index contributed by atoms with van der Waals surface area (Å²) in [6, 6.07) is 6.02. The van der Waals surface area contributed by atoms with Crippen molar-refractivity contribution in [2.75, 3.05) is 6.54 Å². The molecule has 168 valence electrons. The van der Waals surface area contributed by atoms with Gasteiger partial charge >= 0.3 is 6.18 Å². The number of ether oxygens (including phenoxy) is 1. The molecule has 32 heavy (non-hydrogen) atoms. The van der Waals surface area contributed by atoms with E-state index in [1.165, 1.54) is 11.0 Å². The lowest BCUT2D eigenvalue weighted by Gasteiger charge is -2.31. The Bertz CT molecular complexity index is 943. The summed E-state index contributed by atoms with van der Waals surface area (Å²) < 4.78 is 44.3. The molecule has 0 unspecified atom stereocenters. The van der Waals surface area contributed by atoms with Gasteiger partial charge < -0.3 is 15.0 Å². The van der Waals surface area contributed by atoms with Gasteiger partial charge in [0.15, 0.2) is 0 Å². The second-order valence-electron chi connectivity index (χ2n) is 8.00. The fraction of sp³-hybridized carbons (Fsp3) is 0.522. The number of nitrogens with one attached hydrogen (secondary N) is 1. The Morgan fingerprint density at radius 3 is 2.44 bits per heavy atom. The minimum Gasteiger partial charge on any atom is -0.489 e. The molecular weight excluding hydrogens is 421 g/mol. The molecule has 1 saturated carbocycles. The normalized spacial score (nSPS) is 25.4. The number of amides is 1. The van der Waals surface area contributed by atoms with E-state index in [1.54, 1.807) is 6.07 Å². The molecule has 1 N–H and O–H groups in total. The van der Waals surface area contributed by atoms with E-state index in [0.717, 1.165) is 12.1 Å². The highest BCUT2D eigenvalue weighted by Crippen LogP contribution is 2.33. The molecule has 1 aromatic rings. The zero-order valence-corrected chi connectivity index (χ0v) is 17.4. The predicted molar refractivity (Wildman–Crippen MR) is 109 cm³/mol. The third-order valence-corrected chi connectivity index (χ3v) is 5.95. The van der Waals surface area contributed by atoms with E-state index in [4.69, 9.17) is 11.2 Å². The molecule has 1 aliphatic heterocycles. The first-order chi connectivity index (χ1) is 15.3. The summed E-state index contributed by atoms with van der Waals surface area (Å²) in [5.41, 5.74) is -1.03. The smallest absolute Gasteiger partial charge is 0.416 e. The number of nitrogens with zero attached hydrogens (tertiary/aromatic N) is 3. The van der Waals surface area contributed by atoms with Crippen LogP contribution < -0.4 is 10.1 Å². The van der Waals surface area contributed by atoms with E-state index in [2.05, 4.69) is 17.3 Å². The topological polar surface area (TPSA) is 89.2 Å². The van der Waals surface area contributed by atoms with Gasteiger partial charge in [0, 0.05) is 6.04 Å². The molecule has 6 nitrogen and oxygen atoms in total. The zero-order valence-electron chi connectivity index (χ0n) is 17.4. The summed E-state index contributed by atoms with van der Waals surface area (Å²) in [7, 11) is 0.